The zero-order valence-corrected chi connectivity index (χ0v) is 4.82. The molecule has 1 aromatic carbocycles. The first-order valence-corrected chi connectivity index (χ1v) is 2.91. The van der Waals surface area contributed by atoms with Gasteiger partial charge in [-0.15, -0.1) is 0 Å². The van der Waals surface area contributed by atoms with Gasteiger partial charge in [-0.05, 0) is 0 Å². The minimum Gasteiger partial charge on any atom is -0.345 e. The highest BCUT2D eigenvalue weighted by atomic mass is 16.1. The molecule has 0 saturated heterocycles. The third-order valence-corrected chi connectivity index (χ3v) is 1.78. The quantitative estimate of drug-likeness (QED) is 0.442. The van der Waals surface area contributed by atoms with Crippen LogP contribution in [0.3, 0.4) is 0 Å². The number of hydrogen-bond acceptors (Lipinski definition) is 2. The summed E-state index contributed by atoms with van der Waals surface area (Å²) in [7, 11) is 0. The van der Waals surface area contributed by atoms with Crippen LogP contribution in [0.4, 0.5) is 0 Å². The summed E-state index contributed by atoms with van der Waals surface area (Å²) in [5.41, 5.74) is 1.79. The molecule has 0 fully saturated rings. The lowest BCUT2D eigenvalue weighted by Crippen LogP contribution is -1.97. The molecule has 2 heterocycles. The molecule has 3 rings (SSSR count). The van der Waals surface area contributed by atoms with Crippen LogP contribution >= 0.6 is 0 Å². The molecule has 0 spiro atoms. The Kier molecular flexibility index (Phi) is 0.385. The lowest BCUT2D eigenvalue weighted by Gasteiger charge is -1.61. The van der Waals surface area contributed by atoms with Crippen LogP contribution in [0.25, 0.3) is 22.1 Å². The van der Waals surface area contributed by atoms with E-state index in [4.69, 9.17) is 0 Å². The number of aromatic amines is 2. The van der Waals surface area contributed by atoms with E-state index in [1.54, 1.807) is 0 Å². The Morgan fingerprint density at radius 1 is 0.700 bits per heavy atom. The van der Waals surface area contributed by atoms with Crippen molar-refractivity contribution in [1.29, 1.82) is 0 Å². The van der Waals surface area contributed by atoms with Gasteiger partial charge in [0.25, 0.3) is 0 Å². The van der Waals surface area contributed by atoms with Crippen LogP contribution in [0.5, 0.6) is 0 Å². The molecule has 0 radical (unpaired) electrons. The van der Waals surface area contributed by atoms with E-state index in [0.29, 0.717) is 22.1 Å². The van der Waals surface area contributed by atoms with Gasteiger partial charge in [-0.1, -0.05) is 0 Å². The van der Waals surface area contributed by atoms with E-state index in [9.17, 15) is 9.59 Å². The zero-order valence-electron chi connectivity index (χ0n) is 4.82. The van der Waals surface area contributed by atoms with Crippen LogP contribution in [0, 0.1) is 0 Å². The van der Waals surface area contributed by atoms with Gasteiger partial charge in [0.1, 0.15) is 22.1 Å². The number of fused-ring (bicyclic) bond motifs is 2. The van der Waals surface area contributed by atoms with Crippen molar-refractivity contribution < 1.29 is 0 Å². The molecule has 0 amide bonds. The number of rotatable bonds is 0. The summed E-state index contributed by atoms with van der Waals surface area (Å²) < 4.78 is 0. The molecule has 2 aromatic heterocycles. The highest BCUT2D eigenvalue weighted by Crippen LogP contribution is 2.15. The Balaban J connectivity index is 2.91. The topological polar surface area (TPSA) is 65.7 Å². The van der Waals surface area contributed by atoms with Gasteiger partial charge < -0.3 is 9.97 Å². The van der Waals surface area contributed by atoms with Crippen LogP contribution < -0.4 is 10.9 Å². The SMILES string of the molecule is O=c1c2[nH]c2c(=O)c2[nH]c12. The lowest BCUT2D eigenvalue weighted by molar-refractivity contribution is 1.64. The minimum absolute atomic E-state index is 0.0652. The number of hydrogen-bond donors (Lipinski definition) is 2. The standard InChI is InChI=1S/C6H2N2O2/c9-5-1-2(7-1)6(10)4-3(5)8-4/h7-8H. The first kappa shape index (κ1) is 4.27. The smallest absolute Gasteiger partial charge is 0.229 e. The van der Waals surface area contributed by atoms with Gasteiger partial charge in [-0.25, -0.2) is 0 Å². The lowest BCUT2D eigenvalue weighted by atomic mass is 10.3. The molecule has 0 aliphatic carbocycles. The van der Waals surface area contributed by atoms with Crippen LogP contribution in [-0.4, -0.2) is 9.97 Å². The van der Waals surface area contributed by atoms with Gasteiger partial charge in [0.05, 0.1) is 0 Å². The Morgan fingerprint density at radius 2 is 1.00 bits per heavy atom. The van der Waals surface area contributed by atoms with Crippen LogP contribution in [0.1, 0.15) is 0 Å². The molecule has 48 valence electrons. The second-order valence-corrected chi connectivity index (χ2v) is 2.41. The summed E-state index contributed by atoms with van der Waals surface area (Å²) in [6.07, 6.45) is 0. The van der Waals surface area contributed by atoms with E-state index in [1.165, 1.54) is 0 Å². The summed E-state index contributed by atoms with van der Waals surface area (Å²) in [6, 6.07) is 0. The molecule has 3 aromatic rings. The summed E-state index contributed by atoms with van der Waals surface area (Å²) in [4.78, 5) is 27.2. The number of aromatic nitrogens is 2. The Bertz CT molecular complexity index is 480. The van der Waals surface area contributed by atoms with Gasteiger partial charge in [0, 0.05) is 0 Å². The van der Waals surface area contributed by atoms with Gasteiger partial charge in [0.2, 0.25) is 10.9 Å². The normalized spacial score (nSPS) is 12.8. The maximum absolute atomic E-state index is 11.0. The highest BCUT2D eigenvalue weighted by molar-refractivity contribution is 6.01. The van der Waals surface area contributed by atoms with E-state index < -0.39 is 0 Å². The Labute approximate surface area is 53.5 Å². The fourth-order valence-corrected chi connectivity index (χ4v) is 1.12. The predicted molar refractivity (Wildman–Crippen MR) is 36.3 cm³/mol. The maximum atomic E-state index is 11.0. The first-order valence-electron chi connectivity index (χ1n) is 2.91. The van der Waals surface area contributed by atoms with Crippen molar-refractivity contribution in [3.8, 4) is 0 Å². The predicted octanol–water partition coefficient (Wildman–Crippen LogP) is -0.317. The van der Waals surface area contributed by atoms with Gasteiger partial charge in [-0.2, -0.15) is 0 Å². The fourth-order valence-electron chi connectivity index (χ4n) is 1.12. The second-order valence-electron chi connectivity index (χ2n) is 2.41. The molecule has 0 atom stereocenters. The number of H-pyrrole nitrogens is 2. The minimum atomic E-state index is -0.0652. The molecule has 0 unspecified atom stereocenters. The number of benzene rings is 1. The molecule has 0 bridgehead atoms. The third kappa shape index (κ3) is 0.270. The summed E-state index contributed by atoms with van der Waals surface area (Å²) in [5.74, 6) is 0. The van der Waals surface area contributed by atoms with E-state index in [-0.39, 0.29) is 10.9 Å². The van der Waals surface area contributed by atoms with Crippen molar-refractivity contribution >= 4 is 22.1 Å². The van der Waals surface area contributed by atoms with Crippen molar-refractivity contribution in [2.24, 2.45) is 0 Å². The molecule has 2 N–H and O–H groups in total. The van der Waals surface area contributed by atoms with Crippen molar-refractivity contribution in [1.82, 2.24) is 9.97 Å². The van der Waals surface area contributed by atoms with Gasteiger partial charge in [-0.3, -0.25) is 9.59 Å². The molecule has 0 aliphatic heterocycles. The third-order valence-electron chi connectivity index (χ3n) is 1.78. The van der Waals surface area contributed by atoms with E-state index in [1.807, 2.05) is 0 Å². The molecule has 4 nitrogen and oxygen atoms in total. The zero-order chi connectivity index (χ0) is 6.88. The molecule has 4 heteroatoms. The monoisotopic (exact) mass is 134 g/mol. The Morgan fingerprint density at radius 3 is 1.30 bits per heavy atom. The van der Waals surface area contributed by atoms with E-state index in [2.05, 4.69) is 9.97 Å². The summed E-state index contributed by atoms with van der Waals surface area (Å²) >= 11 is 0. The summed E-state index contributed by atoms with van der Waals surface area (Å²) in [5, 5.41) is 0. The van der Waals surface area contributed by atoms with Gasteiger partial charge in [0.15, 0.2) is 0 Å². The Hall–Kier alpha value is -1.58. The molecular weight excluding hydrogens is 132 g/mol. The average Bonchev–Trinajstić information content (AvgIpc) is 2.77. The van der Waals surface area contributed by atoms with Crippen LogP contribution in [-0.2, 0) is 0 Å². The molecule has 10 heavy (non-hydrogen) atoms. The van der Waals surface area contributed by atoms with Crippen LogP contribution in [0.2, 0.25) is 0 Å². The van der Waals surface area contributed by atoms with E-state index in [0.717, 1.165) is 0 Å². The maximum Gasteiger partial charge on any atom is 0.229 e. The first-order chi connectivity index (χ1) is 4.79. The average molecular weight is 134 g/mol. The highest BCUT2D eigenvalue weighted by Gasteiger charge is 2.21. The molecule has 0 aliphatic rings. The second kappa shape index (κ2) is 0.901. The van der Waals surface area contributed by atoms with Crippen molar-refractivity contribution in [2.45, 2.75) is 0 Å². The fraction of sp³-hybridized carbons (Fsp3) is 0. The molecular formula is C6H2N2O2. The summed E-state index contributed by atoms with van der Waals surface area (Å²) in [6.45, 7) is 0. The van der Waals surface area contributed by atoms with Gasteiger partial charge >= 0.3 is 0 Å². The largest absolute Gasteiger partial charge is 0.345 e. The van der Waals surface area contributed by atoms with Crippen molar-refractivity contribution in [3.05, 3.63) is 20.4 Å². The molecule has 0 saturated carbocycles. The van der Waals surface area contributed by atoms with Crippen molar-refractivity contribution in [2.75, 3.05) is 0 Å². The van der Waals surface area contributed by atoms with Crippen LogP contribution in [0.15, 0.2) is 9.59 Å². The van der Waals surface area contributed by atoms with E-state index >= 15 is 0 Å². The number of nitrogens with one attached hydrogen (secondary N) is 2. The van der Waals surface area contributed by atoms with Crippen molar-refractivity contribution in [3.63, 3.8) is 0 Å².